The SMILES string of the molecule is CC[C@H]1CN(S(C)(=O)=O)CC[C@H]1NCc1cccnc1. The number of hydrogen-bond donors (Lipinski definition) is 1. The van der Waals surface area contributed by atoms with Gasteiger partial charge < -0.3 is 5.32 Å². The summed E-state index contributed by atoms with van der Waals surface area (Å²) in [5.41, 5.74) is 1.16. The van der Waals surface area contributed by atoms with Gasteiger partial charge in [0.05, 0.1) is 6.26 Å². The van der Waals surface area contributed by atoms with Crippen LogP contribution in [0.5, 0.6) is 0 Å². The van der Waals surface area contributed by atoms with E-state index in [-0.39, 0.29) is 0 Å². The maximum Gasteiger partial charge on any atom is 0.211 e. The molecule has 20 heavy (non-hydrogen) atoms. The van der Waals surface area contributed by atoms with E-state index in [9.17, 15) is 8.42 Å². The summed E-state index contributed by atoms with van der Waals surface area (Å²) >= 11 is 0. The quantitative estimate of drug-likeness (QED) is 0.888. The Balaban J connectivity index is 1.93. The highest BCUT2D eigenvalue weighted by molar-refractivity contribution is 7.88. The summed E-state index contributed by atoms with van der Waals surface area (Å²) in [6.07, 6.45) is 6.77. The first-order valence-corrected chi connectivity index (χ1v) is 8.93. The van der Waals surface area contributed by atoms with E-state index in [1.807, 2.05) is 18.3 Å². The molecule has 1 aromatic rings. The van der Waals surface area contributed by atoms with Crippen LogP contribution in [-0.2, 0) is 16.6 Å². The van der Waals surface area contributed by atoms with E-state index in [0.29, 0.717) is 25.0 Å². The predicted octanol–water partition coefficient (Wildman–Crippen LogP) is 1.23. The monoisotopic (exact) mass is 297 g/mol. The van der Waals surface area contributed by atoms with Crippen LogP contribution in [0.1, 0.15) is 25.3 Å². The molecule has 1 aromatic heterocycles. The minimum Gasteiger partial charge on any atom is -0.309 e. The molecule has 0 spiro atoms. The summed E-state index contributed by atoms with van der Waals surface area (Å²) < 4.78 is 24.9. The van der Waals surface area contributed by atoms with Crippen LogP contribution in [0.2, 0.25) is 0 Å². The van der Waals surface area contributed by atoms with Crippen LogP contribution in [-0.4, -0.2) is 43.1 Å². The molecule has 2 atom stereocenters. The first-order chi connectivity index (χ1) is 9.50. The van der Waals surface area contributed by atoms with Gasteiger partial charge >= 0.3 is 0 Å². The van der Waals surface area contributed by atoms with Gasteiger partial charge in [0.25, 0.3) is 0 Å². The zero-order chi connectivity index (χ0) is 14.6. The Hall–Kier alpha value is -0.980. The van der Waals surface area contributed by atoms with E-state index in [1.165, 1.54) is 6.26 Å². The molecule has 1 aliphatic heterocycles. The van der Waals surface area contributed by atoms with Crippen molar-refractivity contribution in [3.63, 3.8) is 0 Å². The van der Waals surface area contributed by atoms with Crippen LogP contribution in [0.15, 0.2) is 24.5 Å². The highest BCUT2D eigenvalue weighted by Gasteiger charge is 2.31. The topological polar surface area (TPSA) is 62.3 Å². The van der Waals surface area contributed by atoms with E-state index in [1.54, 1.807) is 10.5 Å². The highest BCUT2D eigenvalue weighted by Crippen LogP contribution is 2.22. The summed E-state index contributed by atoms with van der Waals surface area (Å²) in [5, 5.41) is 3.55. The number of nitrogens with one attached hydrogen (secondary N) is 1. The summed E-state index contributed by atoms with van der Waals surface area (Å²) in [4.78, 5) is 4.10. The molecule has 2 rings (SSSR count). The van der Waals surface area contributed by atoms with E-state index < -0.39 is 10.0 Å². The third-order valence-electron chi connectivity index (χ3n) is 3.98. The van der Waals surface area contributed by atoms with E-state index in [2.05, 4.69) is 17.2 Å². The fourth-order valence-electron chi connectivity index (χ4n) is 2.73. The van der Waals surface area contributed by atoms with Gasteiger partial charge in [0.2, 0.25) is 10.0 Å². The van der Waals surface area contributed by atoms with Crippen LogP contribution < -0.4 is 5.32 Å². The van der Waals surface area contributed by atoms with Crippen molar-refractivity contribution in [2.24, 2.45) is 5.92 Å². The van der Waals surface area contributed by atoms with Crippen molar-refractivity contribution in [1.29, 1.82) is 0 Å². The summed E-state index contributed by atoms with van der Waals surface area (Å²) in [7, 11) is -3.06. The molecule has 112 valence electrons. The molecule has 1 saturated heterocycles. The molecular weight excluding hydrogens is 274 g/mol. The molecule has 0 aromatic carbocycles. The third kappa shape index (κ3) is 4.01. The largest absolute Gasteiger partial charge is 0.309 e. The fourth-order valence-corrected chi connectivity index (χ4v) is 3.63. The van der Waals surface area contributed by atoms with Gasteiger partial charge in [-0.2, -0.15) is 0 Å². The lowest BCUT2D eigenvalue weighted by Gasteiger charge is -2.37. The molecule has 1 N–H and O–H groups in total. The standard InChI is InChI=1S/C14H23N3O2S/c1-3-13-11-17(20(2,18)19)8-6-14(13)16-10-12-5-4-7-15-9-12/h4-5,7,9,13-14,16H,3,6,8,10-11H2,1-2H3/t13-,14+/m0/s1. The Labute approximate surface area is 121 Å². The molecule has 0 bridgehead atoms. The molecule has 1 aliphatic rings. The maximum absolute atomic E-state index is 11.6. The van der Waals surface area contributed by atoms with Crippen molar-refractivity contribution in [2.45, 2.75) is 32.4 Å². The maximum atomic E-state index is 11.6. The summed E-state index contributed by atoms with van der Waals surface area (Å²) in [6.45, 7) is 4.14. The van der Waals surface area contributed by atoms with Gasteiger partial charge in [-0.05, 0) is 24.0 Å². The van der Waals surface area contributed by atoms with Crippen LogP contribution >= 0.6 is 0 Å². The third-order valence-corrected chi connectivity index (χ3v) is 5.25. The van der Waals surface area contributed by atoms with Gasteiger partial charge in [-0.15, -0.1) is 0 Å². The fraction of sp³-hybridized carbons (Fsp3) is 0.643. The van der Waals surface area contributed by atoms with Crippen molar-refractivity contribution in [1.82, 2.24) is 14.6 Å². The van der Waals surface area contributed by atoms with Gasteiger partial charge in [0.15, 0.2) is 0 Å². The first kappa shape index (κ1) is 15.4. The summed E-state index contributed by atoms with van der Waals surface area (Å²) in [6, 6.07) is 4.35. The molecule has 2 heterocycles. The average molecular weight is 297 g/mol. The zero-order valence-electron chi connectivity index (χ0n) is 12.1. The van der Waals surface area contributed by atoms with Gasteiger partial charge in [0.1, 0.15) is 0 Å². The molecule has 0 unspecified atom stereocenters. The Morgan fingerprint density at radius 3 is 2.90 bits per heavy atom. The number of rotatable bonds is 5. The second kappa shape index (κ2) is 6.65. The smallest absolute Gasteiger partial charge is 0.211 e. The second-order valence-corrected chi connectivity index (χ2v) is 7.41. The number of piperidine rings is 1. The number of aromatic nitrogens is 1. The average Bonchev–Trinajstić information content (AvgIpc) is 2.45. The Morgan fingerprint density at radius 1 is 1.50 bits per heavy atom. The molecular formula is C14H23N3O2S. The van der Waals surface area contributed by atoms with Crippen LogP contribution in [0, 0.1) is 5.92 Å². The number of pyridine rings is 1. The Bertz CT molecular complexity index is 518. The van der Waals surface area contributed by atoms with Crippen LogP contribution in [0.3, 0.4) is 0 Å². The Morgan fingerprint density at radius 2 is 2.30 bits per heavy atom. The molecule has 0 saturated carbocycles. The normalized spacial score (nSPS) is 24.7. The van der Waals surface area contributed by atoms with Crippen molar-refractivity contribution in [2.75, 3.05) is 19.3 Å². The van der Waals surface area contributed by atoms with Gasteiger partial charge in [0, 0.05) is 38.1 Å². The molecule has 0 aliphatic carbocycles. The molecule has 6 heteroatoms. The first-order valence-electron chi connectivity index (χ1n) is 7.08. The lowest BCUT2D eigenvalue weighted by molar-refractivity contribution is 0.201. The van der Waals surface area contributed by atoms with Gasteiger partial charge in [-0.3, -0.25) is 4.98 Å². The van der Waals surface area contributed by atoms with Crippen LogP contribution in [0.25, 0.3) is 0 Å². The second-order valence-electron chi connectivity index (χ2n) is 5.43. The lowest BCUT2D eigenvalue weighted by atomic mass is 9.91. The zero-order valence-corrected chi connectivity index (χ0v) is 12.9. The van der Waals surface area contributed by atoms with Gasteiger partial charge in [-0.25, -0.2) is 12.7 Å². The number of hydrogen-bond acceptors (Lipinski definition) is 4. The highest BCUT2D eigenvalue weighted by atomic mass is 32.2. The van der Waals surface area contributed by atoms with Crippen LogP contribution in [0.4, 0.5) is 0 Å². The number of nitrogens with zero attached hydrogens (tertiary/aromatic N) is 2. The van der Waals surface area contributed by atoms with Gasteiger partial charge in [-0.1, -0.05) is 19.4 Å². The van der Waals surface area contributed by atoms with E-state index in [4.69, 9.17) is 0 Å². The van der Waals surface area contributed by atoms with Crippen molar-refractivity contribution in [3.05, 3.63) is 30.1 Å². The molecule has 5 nitrogen and oxygen atoms in total. The Kier molecular flexibility index (Phi) is 5.12. The van der Waals surface area contributed by atoms with E-state index >= 15 is 0 Å². The van der Waals surface area contributed by atoms with Crippen molar-refractivity contribution < 1.29 is 8.42 Å². The van der Waals surface area contributed by atoms with E-state index in [0.717, 1.165) is 24.9 Å². The number of sulfonamides is 1. The minimum atomic E-state index is -3.06. The van der Waals surface area contributed by atoms with Crippen molar-refractivity contribution >= 4 is 10.0 Å². The predicted molar refractivity (Wildman–Crippen MR) is 79.7 cm³/mol. The molecule has 1 fully saturated rings. The lowest BCUT2D eigenvalue weighted by Crippen LogP contribution is -2.50. The summed E-state index contributed by atoms with van der Waals surface area (Å²) in [5.74, 6) is 0.371. The molecule has 0 amide bonds. The minimum absolute atomic E-state index is 0.371. The molecule has 0 radical (unpaired) electrons. The van der Waals surface area contributed by atoms with Crippen molar-refractivity contribution in [3.8, 4) is 0 Å².